The minimum atomic E-state index is -4.38. The number of nitrogens with one attached hydrogen (secondary N) is 2. The molecule has 3 nitrogen and oxygen atoms in total. The van der Waals surface area contributed by atoms with Crippen LogP contribution >= 0.6 is 11.8 Å². The van der Waals surface area contributed by atoms with Crippen LogP contribution in [-0.4, -0.2) is 25.0 Å². The molecule has 7 heteroatoms. The van der Waals surface area contributed by atoms with Crippen molar-refractivity contribution in [2.45, 2.75) is 17.3 Å². The van der Waals surface area contributed by atoms with Crippen molar-refractivity contribution in [3.05, 3.63) is 23.8 Å². The molecule has 0 saturated heterocycles. The van der Waals surface area contributed by atoms with E-state index in [1.807, 2.05) is 0 Å². The third-order valence-electron chi connectivity index (χ3n) is 1.97. The van der Waals surface area contributed by atoms with Crippen molar-refractivity contribution in [3.8, 4) is 0 Å². The predicted octanol–water partition coefficient (Wildman–Crippen LogP) is 2.76. The molecule has 0 saturated carbocycles. The van der Waals surface area contributed by atoms with Gasteiger partial charge in [0.05, 0.1) is 12.2 Å². The fourth-order valence-corrected chi connectivity index (χ4v) is 2.02. The van der Waals surface area contributed by atoms with Crippen LogP contribution in [0.3, 0.4) is 0 Å². The van der Waals surface area contributed by atoms with Crippen molar-refractivity contribution in [1.82, 2.24) is 5.32 Å². The first kappa shape index (κ1) is 14.8. The Kier molecular flexibility index (Phi) is 5.03. The first-order valence-electron chi connectivity index (χ1n) is 5.12. The number of rotatable bonds is 4. The number of alkyl halides is 3. The Balaban J connectivity index is 2.93. The zero-order valence-electron chi connectivity index (χ0n) is 9.89. The highest BCUT2D eigenvalue weighted by Crippen LogP contribution is 2.40. The number of halogens is 3. The monoisotopic (exact) mass is 278 g/mol. The lowest BCUT2D eigenvalue weighted by atomic mass is 10.2. The summed E-state index contributed by atoms with van der Waals surface area (Å²) in [5.41, 5.74) is -3.51. The number of hydrogen-bond donors (Lipinski definition) is 2. The minimum Gasteiger partial charge on any atom is -0.324 e. The molecule has 0 spiro atoms. The average Bonchev–Trinajstić information content (AvgIpc) is 2.20. The molecule has 0 aliphatic carbocycles. The van der Waals surface area contributed by atoms with E-state index < -0.39 is 5.51 Å². The molecule has 0 radical (unpaired) electrons. The third-order valence-corrected chi connectivity index (χ3v) is 2.76. The van der Waals surface area contributed by atoms with Crippen LogP contribution in [0, 0.1) is 6.92 Å². The zero-order chi connectivity index (χ0) is 13.8. The maximum Gasteiger partial charge on any atom is 0.446 e. The van der Waals surface area contributed by atoms with Gasteiger partial charge in [0.2, 0.25) is 5.91 Å². The molecule has 2 N–H and O–H groups in total. The normalized spacial score (nSPS) is 11.4. The highest BCUT2D eigenvalue weighted by atomic mass is 32.2. The molecule has 0 bridgehead atoms. The van der Waals surface area contributed by atoms with Gasteiger partial charge in [-0.05, 0) is 43.4 Å². The van der Waals surface area contributed by atoms with E-state index in [-0.39, 0.29) is 34.8 Å². The number of aryl methyl sites for hydroxylation is 1. The molecule has 0 aliphatic rings. The van der Waals surface area contributed by atoms with Crippen LogP contribution in [0.2, 0.25) is 0 Å². The summed E-state index contributed by atoms with van der Waals surface area (Å²) in [5, 5.41) is 5.06. The van der Waals surface area contributed by atoms with Crippen molar-refractivity contribution in [1.29, 1.82) is 0 Å². The highest BCUT2D eigenvalue weighted by Gasteiger charge is 2.30. The van der Waals surface area contributed by atoms with Crippen molar-refractivity contribution in [2.75, 3.05) is 18.9 Å². The first-order chi connectivity index (χ1) is 8.31. The second kappa shape index (κ2) is 6.10. The molecule has 0 atom stereocenters. The van der Waals surface area contributed by atoms with Gasteiger partial charge in [0.15, 0.2) is 0 Å². The van der Waals surface area contributed by atoms with Gasteiger partial charge in [0.1, 0.15) is 0 Å². The highest BCUT2D eigenvalue weighted by molar-refractivity contribution is 8.00. The number of benzene rings is 1. The number of carbonyl (C=O) groups is 1. The summed E-state index contributed by atoms with van der Waals surface area (Å²) < 4.78 is 37.1. The Morgan fingerprint density at radius 2 is 2.06 bits per heavy atom. The van der Waals surface area contributed by atoms with E-state index in [9.17, 15) is 18.0 Å². The zero-order valence-corrected chi connectivity index (χ0v) is 10.7. The fourth-order valence-electron chi connectivity index (χ4n) is 1.30. The molecule has 18 heavy (non-hydrogen) atoms. The fraction of sp³-hybridized carbons (Fsp3) is 0.364. The van der Waals surface area contributed by atoms with Crippen molar-refractivity contribution in [2.24, 2.45) is 0 Å². The predicted molar refractivity (Wildman–Crippen MR) is 65.6 cm³/mol. The average molecular weight is 278 g/mol. The summed E-state index contributed by atoms with van der Waals surface area (Å²) in [6, 6.07) is 4.51. The molecule has 0 fully saturated rings. The Hall–Kier alpha value is -1.21. The molecule has 1 aromatic rings. The van der Waals surface area contributed by atoms with Gasteiger partial charge < -0.3 is 10.6 Å². The molecule has 0 aromatic heterocycles. The van der Waals surface area contributed by atoms with Gasteiger partial charge in [-0.3, -0.25) is 4.79 Å². The lowest BCUT2D eigenvalue weighted by molar-refractivity contribution is -0.115. The van der Waals surface area contributed by atoms with Crippen LogP contribution in [0.5, 0.6) is 0 Å². The molecule has 100 valence electrons. The molecule has 0 unspecified atom stereocenters. The van der Waals surface area contributed by atoms with E-state index in [2.05, 4.69) is 10.6 Å². The maximum absolute atomic E-state index is 12.4. The Bertz CT molecular complexity index is 435. The van der Waals surface area contributed by atoms with Crippen LogP contribution < -0.4 is 10.6 Å². The van der Waals surface area contributed by atoms with Gasteiger partial charge in [-0.1, -0.05) is 6.07 Å². The van der Waals surface area contributed by atoms with E-state index in [1.54, 1.807) is 20.0 Å². The van der Waals surface area contributed by atoms with Gasteiger partial charge in [-0.15, -0.1) is 0 Å². The van der Waals surface area contributed by atoms with Crippen molar-refractivity contribution in [3.63, 3.8) is 0 Å². The quantitative estimate of drug-likeness (QED) is 0.832. The number of thioether (sulfide) groups is 1. The lowest BCUT2D eigenvalue weighted by Crippen LogP contribution is -2.25. The Morgan fingerprint density at radius 3 is 2.61 bits per heavy atom. The number of carbonyl (C=O) groups excluding carboxylic acids is 1. The summed E-state index contributed by atoms with van der Waals surface area (Å²) in [5.74, 6) is -0.384. The van der Waals surface area contributed by atoms with Gasteiger partial charge in [-0.25, -0.2) is 0 Å². The Morgan fingerprint density at radius 1 is 1.39 bits per heavy atom. The Labute approximate surface area is 107 Å². The molecular formula is C11H13F3N2OS. The van der Waals surface area contributed by atoms with Crippen LogP contribution in [0.1, 0.15) is 5.56 Å². The minimum absolute atomic E-state index is 0.00745. The van der Waals surface area contributed by atoms with Gasteiger partial charge in [-0.2, -0.15) is 13.2 Å². The van der Waals surface area contributed by atoms with Crippen LogP contribution in [0.25, 0.3) is 0 Å². The van der Waals surface area contributed by atoms with Gasteiger partial charge in [0.25, 0.3) is 0 Å². The number of hydrogen-bond acceptors (Lipinski definition) is 3. The van der Waals surface area contributed by atoms with E-state index in [1.165, 1.54) is 12.1 Å². The molecular weight excluding hydrogens is 265 g/mol. The first-order valence-corrected chi connectivity index (χ1v) is 5.94. The number of amides is 1. The van der Waals surface area contributed by atoms with E-state index >= 15 is 0 Å². The standard InChI is InChI=1S/C11H13F3N2OS/c1-7-3-4-8(16-10(17)6-15-2)9(5-7)18-11(12,13)14/h3-5,15H,6H2,1-2H3,(H,16,17). The maximum atomic E-state index is 12.4. The lowest BCUT2D eigenvalue weighted by Gasteiger charge is -2.13. The second-order valence-corrected chi connectivity index (χ2v) is 4.73. The topological polar surface area (TPSA) is 41.1 Å². The van der Waals surface area contributed by atoms with Crippen molar-refractivity contribution < 1.29 is 18.0 Å². The van der Waals surface area contributed by atoms with Crippen molar-refractivity contribution >= 4 is 23.4 Å². The summed E-state index contributed by atoms with van der Waals surface area (Å²) in [6.07, 6.45) is 0. The molecule has 0 aliphatic heterocycles. The molecule has 1 aromatic carbocycles. The molecule has 1 rings (SSSR count). The SMILES string of the molecule is CNCC(=O)Nc1ccc(C)cc1SC(F)(F)F. The van der Waals surface area contributed by atoms with Crippen LogP contribution in [0.4, 0.5) is 18.9 Å². The summed E-state index contributed by atoms with van der Waals surface area (Å²) in [6.45, 7) is 1.74. The van der Waals surface area contributed by atoms with Crippen LogP contribution in [-0.2, 0) is 4.79 Å². The molecule has 1 amide bonds. The number of anilines is 1. The second-order valence-electron chi connectivity index (χ2n) is 3.63. The summed E-state index contributed by atoms with van der Waals surface area (Å²) in [4.78, 5) is 11.3. The largest absolute Gasteiger partial charge is 0.446 e. The smallest absolute Gasteiger partial charge is 0.324 e. The van der Waals surface area contributed by atoms with E-state index in [4.69, 9.17) is 0 Å². The van der Waals surface area contributed by atoms with Crippen LogP contribution in [0.15, 0.2) is 23.1 Å². The van der Waals surface area contributed by atoms with E-state index in [0.29, 0.717) is 5.56 Å². The molecule has 0 heterocycles. The third kappa shape index (κ3) is 4.97. The summed E-state index contributed by atoms with van der Waals surface area (Å²) in [7, 11) is 1.58. The van der Waals surface area contributed by atoms with Gasteiger partial charge in [0, 0.05) is 4.90 Å². The van der Waals surface area contributed by atoms with E-state index in [0.717, 1.165) is 0 Å². The number of likely N-dealkylation sites (N-methyl/N-ethyl adjacent to an activating group) is 1. The summed E-state index contributed by atoms with van der Waals surface area (Å²) >= 11 is -0.234. The van der Waals surface area contributed by atoms with Gasteiger partial charge >= 0.3 is 5.51 Å².